The Morgan fingerprint density at radius 3 is 2.79 bits per heavy atom. The minimum absolute atomic E-state index is 0.000704. The summed E-state index contributed by atoms with van der Waals surface area (Å²) in [4.78, 5) is 28.6. The van der Waals surface area contributed by atoms with Gasteiger partial charge in [-0.15, -0.1) is 0 Å². The Morgan fingerprint density at radius 1 is 1.42 bits per heavy atom. The topological polar surface area (TPSA) is 95.1 Å². The first-order chi connectivity index (χ1) is 8.99. The van der Waals surface area contributed by atoms with E-state index in [0.29, 0.717) is 0 Å². The van der Waals surface area contributed by atoms with Crippen molar-refractivity contribution < 1.29 is 19.1 Å². The van der Waals surface area contributed by atoms with Crippen LogP contribution >= 0.6 is 11.6 Å². The Balaban J connectivity index is 2.26. The fourth-order valence-electron chi connectivity index (χ4n) is 1.40. The molecule has 8 heteroatoms. The van der Waals surface area contributed by atoms with Crippen LogP contribution in [0.3, 0.4) is 0 Å². The Kier molecular flexibility index (Phi) is 3.48. The van der Waals surface area contributed by atoms with Crippen molar-refractivity contribution in [3.63, 3.8) is 0 Å². The fourth-order valence-corrected chi connectivity index (χ4v) is 1.62. The highest BCUT2D eigenvalue weighted by molar-refractivity contribution is 6.34. The third kappa shape index (κ3) is 2.71. The van der Waals surface area contributed by atoms with Crippen LogP contribution in [0.15, 0.2) is 24.5 Å². The number of nitrogens with one attached hydrogen (secondary N) is 2. The number of H-pyrrole nitrogens is 1. The highest BCUT2D eigenvalue weighted by atomic mass is 35.5. The molecule has 0 aliphatic rings. The minimum atomic E-state index is -1.31. The number of halogens is 2. The van der Waals surface area contributed by atoms with Gasteiger partial charge in [0.2, 0.25) is 0 Å². The lowest BCUT2D eigenvalue weighted by Crippen LogP contribution is -2.16. The number of aromatic nitrogens is 2. The summed E-state index contributed by atoms with van der Waals surface area (Å²) in [5.41, 5.74) is -0.462. The lowest BCUT2D eigenvalue weighted by Gasteiger charge is -2.06. The van der Waals surface area contributed by atoms with Crippen molar-refractivity contribution in [2.75, 3.05) is 5.32 Å². The van der Waals surface area contributed by atoms with E-state index in [0.717, 1.165) is 18.5 Å². The molecule has 0 radical (unpaired) electrons. The zero-order chi connectivity index (χ0) is 14.0. The summed E-state index contributed by atoms with van der Waals surface area (Å²) >= 11 is 5.74. The quantitative estimate of drug-likeness (QED) is 0.804. The largest absolute Gasteiger partial charge is 0.477 e. The molecular formula is C11H7ClFN3O3. The molecule has 0 atom stereocenters. The molecule has 0 spiro atoms. The van der Waals surface area contributed by atoms with Crippen molar-refractivity contribution in [3.8, 4) is 0 Å². The lowest BCUT2D eigenvalue weighted by atomic mass is 10.2. The second-order valence-electron chi connectivity index (χ2n) is 3.51. The number of rotatable bonds is 3. The second-order valence-corrected chi connectivity index (χ2v) is 3.92. The van der Waals surface area contributed by atoms with Gasteiger partial charge in [0, 0.05) is 0 Å². The van der Waals surface area contributed by atoms with Crippen LogP contribution in [-0.4, -0.2) is 27.0 Å². The van der Waals surface area contributed by atoms with E-state index in [4.69, 9.17) is 16.7 Å². The third-order valence-corrected chi connectivity index (χ3v) is 2.56. The molecule has 0 unspecified atom stereocenters. The monoisotopic (exact) mass is 283 g/mol. The molecule has 19 heavy (non-hydrogen) atoms. The standard InChI is InChI=1S/C11H7ClFN3O3/c12-6-3-5(13)1-2-7(6)16-10(17)8-9(11(18)19)15-4-14-8/h1-4H,(H,14,15)(H,16,17)(H,18,19). The maximum Gasteiger partial charge on any atom is 0.354 e. The number of aromatic carboxylic acids is 1. The number of anilines is 1. The van der Waals surface area contributed by atoms with E-state index in [1.165, 1.54) is 6.07 Å². The van der Waals surface area contributed by atoms with Gasteiger partial charge in [-0.05, 0) is 18.2 Å². The van der Waals surface area contributed by atoms with Gasteiger partial charge in [0.1, 0.15) is 5.82 Å². The summed E-state index contributed by atoms with van der Waals surface area (Å²) in [5.74, 6) is -2.62. The van der Waals surface area contributed by atoms with Crippen LogP contribution in [0.4, 0.5) is 10.1 Å². The van der Waals surface area contributed by atoms with Gasteiger partial charge >= 0.3 is 5.97 Å². The van der Waals surface area contributed by atoms with Crippen LogP contribution in [0.2, 0.25) is 5.02 Å². The number of nitrogens with zero attached hydrogens (tertiary/aromatic N) is 1. The summed E-state index contributed by atoms with van der Waals surface area (Å²) in [5, 5.41) is 11.2. The first-order valence-electron chi connectivity index (χ1n) is 5.02. The van der Waals surface area contributed by atoms with Gasteiger partial charge in [0.05, 0.1) is 17.0 Å². The highest BCUT2D eigenvalue weighted by Crippen LogP contribution is 2.23. The first kappa shape index (κ1) is 13.0. The molecule has 1 amide bonds. The molecule has 2 aromatic rings. The summed E-state index contributed by atoms with van der Waals surface area (Å²) in [6.07, 6.45) is 1.09. The second kappa shape index (κ2) is 5.07. The maximum absolute atomic E-state index is 12.8. The van der Waals surface area contributed by atoms with Gasteiger partial charge in [-0.3, -0.25) is 4.79 Å². The number of amides is 1. The van der Waals surface area contributed by atoms with E-state index in [2.05, 4.69) is 15.3 Å². The third-order valence-electron chi connectivity index (χ3n) is 2.25. The smallest absolute Gasteiger partial charge is 0.354 e. The molecule has 98 valence electrons. The number of imidazole rings is 1. The molecule has 1 aromatic heterocycles. The lowest BCUT2D eigenvalue weighted by molar-refractivity contribution is 0.0686. The van der Waals surface area contributed by atoms with Gasteiger partial charge in [0.15, 0.2) is 11.4 Å². The van der Waals surface area contributed by atoms with Gasteiger partial charge in [-0.25, -0.2) is 14.2 Å². The van der Waals surface area contributed by atoms with Crippen molar-refractivity contribution in [1.82, 2.24) is 9.97 Å². The zero-order valence-electron chi connectivity index (χ0n) is 9.28. The maximum atomic E-state index is 12.8. The molecule has 6 nitrogen and oxygen atoms in total. The first-order valence-corrected chi connectivity index (χ1v) is 5.40. The number of carboxylic acids is 1. The number of benzene rings is 1. The van der Waals surface area contributed by atoms with Gasteiger partial charge in [-0.1, -0.05) is 11.6 Å². The predicted molar refractivity (Wildman–Crippen MR) is 64.9 cm³/mol. The predicted octanol–water partition coefficient (Wildman–Crippen LogP) is 2.15. The Labute approximate surface area is 111 Å². The molecule has 0 fully saturated rings. The fraction of sp³-hybridized carbons (Fsp3) is 0. The van der Waals surface area contributed by atoms with E-state index >= 15 is 0 Å². The van der Waals surface area contributed by atoms with Gasteiger partial charge in [-0.2, -0.15) is 0 Å². The number of hydrogen-bond acceptors (Lipinski definition) is 3. The minimum Gasteiger partial charge on any atom is -0.477 e. The van der Waals surface area contributed by atoms with Crippen LogP contribution < -0.4 is 5.32 Å². The average molecular weight is 284 g/mol. The van der Waals surface area contributed by atoms with Crippen molar-refractivity contribution >= 4 is 29.2 Å². The summed E-state index contributed by atoms with van der Waals surface area (Å²) < 4.78 is 12.8. The number of carboxylic acid groups (broad SMARTS) is 1. The molecule has 0 saturated carbocycles. The van der Waals surface area contributed by atoms with Crippen molar-refractivity contribution in [2.45, 2.75) is 0 Å². The van der Waals surface area contributed by atoms with Crippen LogP contribution in [0.1, 0.15) is 21.0 Å². The Hall–Kier alpha value is -2.41. The van der Waals surface area contributed by atoms with Crippen molar-refractivity contribution in [2.24, 2.45) is 0 Å². The van der Waals surface area contributed by atoms with E-state index in [1.54, 1.807) is 0 Å². The van der Waals surface area contributed by atoms with Crippen LogP contribution in [0, 0.1) is 5.82 Å². The highest BCUT2D eigenvalue weighted by Gasteiger charge is 2.20. The van der Waals surface area contributed by atoms with E-state index < -0.39 is 17.7 Å². The normalized spacial score (nSPS) is 10.2. The van der Waals surface area contributed by atoms with Crippen LogP contribution in [0.5, 0.6) is 0 Å². The molecule has 3 N–H and O–H groups in total. The molecule has 0 aliphatic heterocycles. The van der Waals surface area contributed by atoms with E-state index in [-0.39, 0.29) is 22.1 Å². The number of carbonyl (C=O) groups excluding carboxylic acids is 1. The van der Waals surface area contributed by atoms with Crippen molar-refractivity contribution in [1.29, 1.82) is 0 Å². The van der Waals surface area contributed by atoms with Crippen LogP contribution in [0.25, 0.3) is 0 Å². The molecule has 2 rings (SSSR count). The molecule has 1 aromatic carbocycles. The molecular weight excluding hydrogens is 277 g/mol. The Bertz CT molecular complexity index is 656. The molecule has 0 saturated heterocycles. The number of carbonyl (C=O) groups is 2. The average Bonchev–Trinajstić information content (AvgIpc) is 2.82. The van der Waals surface area contributed by atoms with Gasteiger partial charge in [0.25, 0.3) is 5.91 Å². The number of aromatic amines is 1. The summed E-state index contributed by atoms with van der Waals surface area (Å²) in [6.45, 7) is 0. The summed E-state index contributed by atoms with van der Waals surface area (Å²) in [6, 6.07) is 3.41. The van der Waals surface area contributed by atoms with Crippen LogP contribution in [-0.2, 0) is 0 Å². The van der Waals surface area contributed by atoms with E-state index in [1.807, 2.05) is 0 Å². The molecule has 0 aliphatic carbocycles. The molecule has 1 heterocycles. The Morgan fingerprint density at radius 2 is 2.16 bits per heavy atom. The summed E-state index contributed by atoms with van der Waals surface area (Å²) in [7, 11) is 0. The zero-order valence-corrected chi connectivity index (χ0v) is 10.0. The SMILES string of the molecule is O=C(Nc1ccc(F)cc1Cl)c1nc[nH]c1C(=O)O. The van der Waals surface area contributed by atoms with E-state index in [9.17, 15) is 14.0 Å². The van der Waals surface area contributed by atoms with Crippen molar-refractivity contribution in [3.05, 3.63) is 46.8 Å². The van der Waals surface area contributed by atoms with Gasteiger partial charge < -0.3 is 15.4 Å². The number of hydrogen-bond donors (Lipinski definition) is 3. The molecule has 0 bridgehead atoms.